The SMILES string of the molecule is Cc1nn2c3c(cnc2c1-c1ccccc1)C(=O)C[C@H](c1cccc(Cl)c1)C3. The van der Waals surface area contributed by atoms with E-state index < -0.39 is 0 Å². The molecule has 5 rings (SSSR count). The molecule has 0 unspecified atom stereocenters. The van der Waals surface area contributed by atoms with Gasteiger partial charge in [-0.05, 0) is 42.5 Å². The molecule has 1 atom stereocenters. The monoisotopic (exact) mass is 387 g/mol. The Balaban J connectivity index is 1.67. The highest BCUT2D eigenvalue weighted by atomic mass is 35.5. The average Bonchev–Trinajstić information content (AvgIpc) is 3.05. The van der Waals surface area contributed by atoms with Crippen molar-refractivity contribution < 1.29 is 4.79 Å². The summed E-state index contributed by atoms with van der Waals surface area (Å²) >= 11 is 6.18. The van der Waals surface area contributed by atoms with Gasteiger partial charge >= 0.3 is 0 Å². The molecule has 0 saturated heterocycles. The smallest absolute Gasteiger partial charge is 0.166 e. The molecule has 4 nitrogen and oxygen atoms in total. The maximum atomic E-state index is 12.8. The van der Waals surface area contributed by atoms with Gasteiger partial charge in [-0.15, -0.1) is 0 Å². The molecule has 5 heteroatoms. The van der Waals surface area contributed by atoms with Crippen LogP contribution in [0.2, 0.25) is 5.02 Å². The Bertz CT molecular complexity index is 1210. The van der Waals surface area contributed by atoms with Gasteiger partial charge in [-0.25, -0.2) is 9.50 Å². The molecular formula is C23H18ClN3O. The van der Waals surface area contributed by atoms with Crippen LogP contribution in [0.4, 0.5) is 0 Å². The molecule has 2 aromatic heterocycles. The highest BCUT2D eigenvalue weighted by Gasteiger charge is 2.30. The van der Waals surface area contributed by atoms with Crippen LogP contribution in [0.15, 0.2) is 60.8 Å². The van der Waals surface area contributed by atoms with Gasteiger partial charge in [0.1, 0.15) is 0 Å². The highest BCUT2D eigenvalue weighted by molar-refractivity contribution is 6.30. The lowest BCUT2D eigenvalue weighted by molar-refractivity contribution is 0.0962. The summed E-state index contributed by atoms with van der Waals surface area (Å²) in [6.45, 7) is 1.99. The van der Waals surface area contributed by atoms with E-state index in [2.05, 4.69) is 17.1 Å². The molecule has 0 spiro atoms. The second-order valence-corrected chi connectivity index (χ2v) is 7.70. The number of aryl methyl sites for hydroxylation is 1. The van der Waals surface area contributed by atoms with Crippen molar-refractivity contribution >= 4 is 23.0 Å². The van der Waals surface area contributed by atoms with Crippen LogP contribution >= 0.6 is 11.6 Å². The number of ketones is 1. The number of rotatable bonds is 2. The molecular weight excluding hydrogens is 370 g/mol. The van der Waals surface area contributed by atoms with E-state index in [4.69, 9.17) is 16.7 Å². The summed E-state index contributed by atoms with van der Waals surface area (Å²) in [5.41, 5.74) is 6.48. The quantitative estimate of drug-likeness (QED) is 0.470. The van der Waals surface area contributed by atoms with Crippen LogP contribution in [-0.4, -0.2) is 20.4 Å². The Labute approximate surface area is 167 Å². The number of nitrogens with zero attached hydrogens (tertiary/aromatic N) is 3. The van der Waals surface area contributed by atoms with Crippen LogP contribution in [0.1, 0.15) is 39.6 Å². The number of benzene rings is 2. The minimum absolute atomic E-state index is 0.0916. The largest absolute Gasteiger partial charge is 0.294 e. The second kappa shape index (κ2) is 6.57. The van der Waals surface area contributed by atoms with Gasteiger partial charge in [0.25, 0.3) is 0 Å². The molecule has 138 valence electrons. The van der Waals surface area contributed by atoms with Gasteiger partial charge in [0.05, 0.1) is 17.0 Å². The summed E-state index contributed by atoms with van der Waals surface area (Å²) in [6.07, 6.45) is 2.91. The molecule has 28 heavy (non-hydrogen) atoms. The zero-order valence-electron chi connectivity index (χ0n) is 15.4. The van der Waals surface area contributed by atoms with Gasteiger partial charge in [-0.1, -0.05) is 54.1 Å². The Hall–Kier alpha value is -2.98. The molecule has 0 bridgehead atoms. The molecule has 1 aliphatic carbocycles. The van der Waals surface area contributed by atoms with E-state index in [1.807, 2.05) is 53.9 Å². The second-order valence-electron chi connectivity index (χ2n) is 7.26. The summed E-state index contributed by atoms with van der Waals surface area (Å²) in [4.78, 5) is 17.5. The lowest BCUT2D eigenvalue weighted by atomic mass is 9.82. The first-order chi connectivity index (χ1) is 13.6. The van der Waals surface area contributed by atoms with Crippen molar-refractivity contribution in [3.63, 3.8) is 0 Å². The molecule has 0 saturated carbocycles. The van der Waals surface area contributed by atoms with Gasteiger partial charge in [0, 0.05) is 23.2 Å². The van der Waals surface area contributed by atoms with Crippen LogP contribution in [0, 0.1) is 6.92 Å². The first-order valence-electron chi connectivity index (χ1n) is 9.33. The fourth-order valence-electron chi connectivity index (χ4n) is 4.14. The zero-order chi connectivity index (χ0) is 19.3. The van der Waals surface area contributed by atoms with Crippen molar-refractivity contribution in [3.05, 3.63) is 88.3 Å². The molecule has 2 aromatic carbocycles. The fourth-order valence-corrected chi connectivity index (χ4v) is 4.34. The van der Waals surface area contributed by atoms with Crippen molar-refractivity contribution in [1.29, 1.82) is 0 Å². The number of fused-ring (bicyclic) bond motifs is 3. The predicted octanol–water partition coefficient (Wildman–Crippen LogP) is 5.27. The third kappa shape index (κ3) is 2.72. The van der Waals surface area contributed by atoms with Crippen LogP contribution in [0.25, 0.3) is 16.8 Å². The average molecular weight is 388 g/mol. The summed E-state index contributed by atoms with van der Waals surface area (Å²) in [7, 11) is 0. The van der Waals surface area contributed by atoms with Crippen molar-refractivity contribution in [2.75, 3.05) is 0 Å². The lowest BCUT2D eigenvalue weighted by Gasteiger charge is -2.24. The van der Waals surface area contributed by atoms with Gasteiger partial charge in [0.2, 0.25) is 0 Å². The minimum atomic E-state index is 0.0916. The van der Waals surface area contributed by atoms with Crippen molar-refractivity contribution in [3.8, 4) is 11.1 Å². The molecule has 1 aliphatic rings. The number of Topliss-reactive ketones (excluding diaryl/α,β-unsaturated/α-hetero) is 1. The van der Waals surface area contributed by atoms with Crippen LogP contribution in [-0.2, 0) is 6.42 Å². The first-order valence-corrected chi connectivity index (χ1v) is 9.71. The number of carbonyl (C=O) groups excluding carboxylic acids is 1. The topological polar surface area (TPSA) is 47.3 Å². The lowest BCUT2D eigenvalue weighted by Crippen LogP contribution is -2.22. The summed E-state index contributed by atoms with van der Waals surface area (Å²) in [5, 5.41) is 5.45. The van der Waals surface area contributed by atoms with Gasteiger partial charge in [-0.2, -0.15) is 5.10 Å². The molecule has 0 N–H and O–H groups in total. The highest BCUT2D eigenvalue weighted by Crippen LogP contribution is 2.35. The maximum Gasteiger partial charge on any atom is 0.166 e. The first kappa shape index (κ1) is 17.1. The normalized spacial score (nSPS) is 16.4. The number of halogens is 1. The Morgan fingerprint density at radius 3 is 2.68 bits per heavy atom. The summed E-state index contributed by atoms with van der Waals surface area (Å²) in [6, 6.07) is 17.9. The molecule has 0 fully saturated rings. The van der Waals surface area contributed by atoms with Gasteiger partial charge < -0.3 is 0 Å². The van der Waals surface area contributed by atoms with E-state index in [9.17, 15) is 4.79 Å². The van der Waals surface area contributed by atoms with Crippen LogP contribution in [0.5, 0.6) is 0 Å². The van der Waals surface area contributed by atoms with E-state index in [0.717, 1.165) is 40.1 Å². The molecule has 2 heterocycles. The Kier molecular flexibility index (Phi) is 4.02. The van der Waals surface area contributed by atoms with Crippen molar-refractivity contribution in [2.45, 2.75) is 25.7 Å². The number of aromatic nitrogens is 3. The van der Waals surface area contributed by atoms with Gasteiger partial charge in [-0.3, -0.25) is 4.79 Å². The van der Waals surface area contributed by atoms with Crippen molar-refractivity contribution in [1.82, 2.24) is 14.6 Å². The third-order valence-corrected chi connectivity index (χ3v) is 5.71. The van der Waals surface area contributed by atoms with E-state index in [1.165, 1.54) is 0 Å². The Morgan fingerprint density at radius 1 is 1.07 bits per heavy atom. The Morgan fingerprint density at radius 2 is 1.89 bits per heavy atom. The molecule has 0 amide bonds. The number of hydrogen-bond acceptors (Lipinski definition) is 3. The standard InChI is InChI=1S/C23H18ClN3O/c1-14-22(15-6-3-2-4-7-15)23-25-13-19-20(27(23)26-14)11-17(12-21(19)28)16-8-5-9-18(24)10-16/h2-10,13,17H,11-12H2,1H3/t17-/m1/s1. The summed E-state index contributed by atoms with van der Waals surface area (Å²) in [5.74, 6) is 0.198. The molecule has 0 radical (unpaired) electrons. The van der Waals surface area contributed by atoms with Gasteiger partial charge in [0.15, 0.2) is 11.4 Å². The summed E-state index contributed by atoms with van der Waals surface area (Å²) < 4.78 is 1.86. The van der Waals surface area contributed by atoms with Crippen LogP contribution in [0.3, 0.4) is 0 Å². The van der Waals surface area contributed by atoms with E-state index in [0.29, 0.717) is 17.0 Å². The fraction of sp³-hybridized carbons (Fsp3) is 0.174. The number of hydrogen-bond donors (Lipinski definition) is 0. The number of carbonyl (C=O) groups is 1. The predicted molar refractivity (Wildman–Crippen MR) is 110 cm³/mol. The zero-order valence-corrected chi connectivity index (χ0v) is 16.1. The minimum Gasteiger partial charge on any atom is -0.294 e. The molecule has 4 aromatic rings. The van der Waals surface area contributed by atoms with E-state index >= 15 is 0 Å². The van der Waals surface area contributed by atoms with Crippen molar-refractivity contribution in [2.24, 2.45) is 0 Å². The maximum absolute atomic E-state index is 12.8. The molecule has 0 aliphatic heterocycles. The van der Waals surface area contributed by atoms with E-state index in [-0.39, 0.29) is 11.7 Å². The van der Waals surface area contributed by atoms with Crippen LogP contribution < -0.4 is 0 Å². The third-order valence-electron chi connectivity index (χ3n) is 5.47. The van der Waals surface area contributed by atoms with E-state index in [1.54, 1.807) is 6.20 Å².